The minimum Gasteiger partial charge on any atom is -0.375 e. The van der Waals surface area contributed by atoms with E-state index in [0.717, 1.165) is 30.2 Å². The molecule has 1 N–H and O–H groups in total. The van der Waals surface area contributed by atoms with Crippen LogP contribution < -0.4 is 5.32 Å². The summed E-state index contributed by atoms with van der Waals surface area (Å²) in [6.45, 7) is 3.75. The number of hydrogen-bond acceptors (Lipinski definition) is 3. The van der Waals surface area contributed by atoms with Crippen molar-refractivity contribution < 1.29 is 9.13 Å². The van der Waals surface area contributed by atoms with Gasteiger partial charge in [-0.15, -0.1) is 0 Å². The lowest BCUT2D eigenvalue weighted by molar-refractivity contribution is 0.0474. The first-order chi connectivity index (χ1) is 8.81. The molecule has 100 valence electrons. The van der Waals surface area contributed by atoms with Crippen LogP contribution in [0.5, 0.6) is 0 Å². The Morgan fingerprint density at radius 3 is 3.00 bits per heavy atom. The first-order valence-corrected chi connectivity index (χ1v) is 7.63. The summed E-state index contributed by atoms with van der Waals surface area (Å²) in [5.74, 6) is 1.94. The monoisotopic (exact) mass is 269 g/mol. The third-order valence-electron chi connectivity index (χ3n) is 3.15. The zero-order chi connectivity index (χ0) is 12.8. The molecule has 1 aliphatic rings. The molecular formula is C14H20FNOS. The van der Waals surface area contributed by atoms with Gasteiger partial charge in [0.25, 0.3) is 0 Å². The molecule has 2 unspecified atom stereocenters. The summed E-state index contributed by atoms with van der Waals surface area (Å²) in [5.41, 5.74) is 0.766. The molecule has 2 atom stereocenters. The normalized spacial score (nSPS) is 21.8. The van der Waals surface area contributed by atoms with Gasteiger partial charge in [-0.1, -0.05) is 25.1 Å². The Balaban J connectivity index is 2.03. The van der Waals surface area contributed by atoms with Gasteiger partial charge in [0.05, 0.1) is 12.7 Å². The van der Waals surface area contributed by atoms with Gasteiger partial charge in [-0.05, 0) is 24.6 Å². The van der Waals surface area contributed by atoms with Crippen LogP contribution in [-0.4, -0.2) is 36.8 Å². The van der Waals surface area contributed by atoms with Crippen molar-refractivity contribution >= 4 is 11.8 Å². The van der Waals surface area contributed by atoms with Gasteiger partial charge in [-0.2, -0.15) is 11.8 Å². The van der Waals surface area contributed by atoms with Gasteiger partial charge in [0, 0.05) is 17.5 Å². The molecule has 0 aromatic heterocycles. The maximum absolute atomic E-state index is 13.7. The van der Waals surface area contributed by atoms with Crippen LogP contribution in [0, 0.1) is 5.82 Å². The highest BCUT2D eigenvalue weighted by Crippen LogP contribution is 2.19. The molecule has 0 amide bonds. The quantitative estimate of drug-likeness (QED) is 0.887. The maximum Gasteiger partial charge on any atom is 0.126 e. The lowest BCUT2D eigenvalue weighted by Gasteiger charge is -2.31. The Hall–Kier alpha value is -0.580. The van der Waals surface area contributed by atoms with Gasteiger partial charge >= 0.3 is 0 Å². The van der Waals surface area contributed by atoms with Crippen molar-refractivity contribution in [2.75, 3.05) is 24.7 Å². The molecule has 2 rings (SSSR count). The summed E-state index contributed by atoms with van der Waals surface area (Å²) < 4.78 is 19.5. The van der Waals surface area contributed by atoms with Crippen molar-refractivity contribution in [1.82, 2.24) is 5.32 Å². The molecule has 0 radical (unpaired) electrons. The average molecular weight is 269 g/mol. The van der Waals surface area contributed by atoms with E-state index in [1.807, 2.05) is 23.9 Å². The van der Waals surface area contributed by atoms with E-state index in [1.54, 1.807) is 6.07 Å². The van der Waals surface area contributed by atoms with Crippen molar-refractivity contribution in [2.45, 2.75) is 25.5 Å². The molecule has 0 aliphatic carbocycles. The van der Waals surface area contributed by atoms with Gasteiger partial charge in [-0.3, -0.25) is 0 Å². The van der Waals surface area contributed by atoms with Crippen LogP contribution in [0.4, 0.5) is 4.39 Å². The Kier molecular flexibility index (Phi) is 5.47. The third-order valence-corrected chi connectivity index (χ3v) is 4.17. The predicted molar refractivity (Wildman–Crippen MR) is 74.6 cm³/mol. The van der Waals surface area contributed by atoms with E-state index < -0.39 is 0 Å². The second-order valence-corrected chi connectivity index (χ2v) is 5.59. The van der Waals surface area contributed by atoms with Gasteiger partial charge in [-0.25, -0.2) is 4.39 Å². The molecule has 2 nitrogen and oxygen atoms in total. The van der Waals surface area contributed by atoms with Crippen LogP contribution in [-0.2, 0) is 11.2 Å². The van der Waals surface area contributed by atoms with Gasteiger partial charge in [0.1, 0.15) is 5.82 Å². The Morgan fingerprint density at radius 1 is 1.50 bits per heavy atom. The fourth-order valence-corrected chi connectivity index (χ4v) is 3.18. The number of likely N-dealkylation sites (N-methyl/N-ethyl adjacent to an activating group) is 1. The maximum atomic E-state index is 13.7. The smallest absolute Gasteiger partial charge is 0.126 e. The van der Waals surface area contributed by atoms with Crippen LogP contribution in [0.15, 0.2) is 24.3 Å². The number of thioether (sulfide) groups is 1. The highest BCUT2D eigenvalue weighted by Gasteiger charge is 2.25. The second-order valence-electron chi connectivity index (χ2n) is 4.44. The Morgan fingerprint density at radius 2 is 2.33 bits per heavy atom. The number of nitrogens with one attached hydrogen (secondary N) is 1. The number of ether oxygens (including phenoxy) is 1. The number of hydrogen-bond donors (Lipinski definition) is 1. The highest BCUT2D eigenvalue weighted by atomic mass is 32.2. The molecule has 0 spiro atoms. The molecule has 18 heavy (non-hydrogen) atoms. The first-order valence-electron chi connectivity index (χ1n) is 6.47. The number of halogens is 1. The summed E-state index contributed by atoms with van der Waals surface area (Å²) >= 11 is 1.91. The predicted octanol–water partition coefficient (Wildman–Crippen LogP) is 2.48. The SMILES string of the molecule is CCNC(Cc1ccccc1F)C1CSCCO1. The topological polar surface area (TPSA) is 21.3 Å². The summed E-state index contributed by atoms with van der Waals surface area (Å²) in [5, 5.41) is 3.42. The van der Waals surface area contributed by atoms with E-state index >= 15 is 0 Å². The standard InChI is InChI=1S/C14H20FNOS/c1-2-16-13(14-10-18-8-7-17-14)9-11-5-3-4-6-12(11)15/h3-6,13-14,16H,2,7-10H2,1H3. The van der Waals surface area contributed by atoms with E-state index in [4.69, 9.17) is 4.74 Å². The van der Waals surface area contributed by atoms with E-state index in [0.29, 0.717) is 6.42 Å². The lowest BCUT2D eigenvalue weighted by atomic mass is 10.0. The van der Waals surface area contributed by atoms with Crippen LogP contribution in [0.2, 0.25) is 0 Å². The molecule has 0 saturated carbocycles. The number of benzene rings is 1. The molecule has 1 aliphatic heterocycles. The molecule has 4 heteroatoms. The van der Waals surface area contributed by atoms with Gasteiger partial charge < -0.3 is 10.1 Å². The molecule has 1 heterocycles. The fraction of sp³-hybridized carbons (Fsp3) is 0.571. The summed E-state index contributed by atoms with van der Waals surface area (Å²) in [6.07, 6.45) is 0.870. The van der Waals surface area contributed by atoms with Crippen molar-refractivity contribution in [3.8, 4) is 0 Å². The van der Waals surface area contributed by atoms with Crippen molar-refractivity contribution in [2.24, 2.45) is 0 Å². The molecule has 1 aromatic rings. The second kappa shape index (κ2) is 7.12. The van der Waals surface area contributed by atoms with Crippen molar-refractivity contribution in [3.63, 3.8) is 0 Å². The average Bonchev–Trinajstić information content (AvgIpc) is 2.42. The van der Waals surface area contributed by atoms with E-state index in [2.05, 4.69) is 12.2 Å². The third kappa shape index (κ3) is 3.70. The number of rotatable bonds is 5. The Bertz CT molecular complexity index is 369. The van der Waals surface area contributed by atoms with E-state index in [1.165, 1.54) is 6.07 Å². The lowest BCUT2D eigenvalue weighted by Crippen LogP contribution is -2.46. The Labute approximate surface area is 112 Å². The zero-order valence-corrected chi connectivity index (χ0v) is 11.5. The van der Waals surface area contributed by atoms with Crippen LogP contribution in [0.1, 0.15) is 12.5 Å². The van der Waals surface area contributed by atoms with Crippen LogP contribution >= 0.6 is 11.8 Å². The largest absolute Gasteiger partial charge is 0.375 e. The fourth-order valence-electron chi connectivity index (χ4n) is 2.24. The van der Waals surface area contributed by atoms with Gasteiger partial charge in [0.15, 0.2) is 0 Å². The van der Waals surface area contributed by atoms with E-state index in [-0.39, 0.29) is 18.0 Å². The zero-order valence-electron chi connectivity index (χ0n) is 10.7. The molecular weight excluding hydrogens is 249 g/mol. The van der Waals surface area contributed by atoms with Crippen LogP contribution in [0.3, 0.4) is 0 Å². The molecule has 1 fully saturated rings. The van der Waals surface area contributed by atoms with Crippen molar-refractivity contribution in [3.05, 3.63) is 35.6 Å². The molecule has 1 aromatic carbocycles. The molecule has 1 saturated heterocycles. The van der Waals surface area contributed by atoms with E-state index in [9.17, 15) is 4.39 Å². The minimum absolute atomic E-state index is 0.121. The van der Waals surface area contributed by atoms with Crippen LogP contribution in [0.25, 0.3) is 0 Å². The molecule has 0 bridgehead atoms. The summed E-state index contributed by atoms with van der Waals surface area (Å²) in [7, 11) is 0. The minimum atomic E-state index is -0.121. The summed E-state index contributed by atoms with van der Waals surface area (Å²) in [6, 6.07) is 7.19. The van der Waals surface area contributed by atoms with Crippen molar-refractivity contribution in [1.29, 1.82) is 0 Å². The van der Waals surface area contributed by atoms with Gasteiger partial charge in [0.2, 0.25) is 0 Å². The highest BCUT2D eigenvalue weighted by molar-refractivity contribution is 7.99. The first kappa shape index (κ1) is 13.8. The summed E-state index contributed by atoms with van der Waals surface area (Å²) in [4.78, 5) is 0.